The fourth-order valence-corrected chi connectivity index (χ4v) is 3.40. The summed E-state index contributed by atoms with van der Waals surface area (Å²) in [6.07, 6.45) is 7.38. The molecular formula is C21H26O2. The molecule has 1 aliphatic rings. The van der Waals surface area contributed by atoms with Gasteiger partial charge in [0, 0.05) is 0 Å². The Morgan fingerprint density at radius 3 is 2.52 bits per heavy atom. The highest BCUT2D eigenvalue weighted by atomic mass is 16.5. The minimum atomic E-state index is 0.262. The van der Waals surface area contributed by atoms with E-state index < -0.39 is 0 Å². The second-order valence-corrected chi connectivity index (χ2v) is 6.61. The lowest BCUT2D eigenvalue weighted by Gasteiger charge is -2.15. The van der Waals surface area contributed by atoms with E-state index in [1.54, 1.807) is 6.07 Å². The molecular weight excluding hydrogens is 284 g/mol. The van der Waals surface area contributed by atoms with Gasteiger partial charge in [-0.2, -0.15) is 0 Å². The number of hydrogen-bond donors (Lipinski definition) is 1. The standard InChI is InChI=1S/C21H26O2/c1-3-4-5-6-7-15(2)23-19-9-11-21-17(14-19)12-16-13-18(22)8-10-20(16)21/h8-11,13-15,22H,3-7,12H2,1-2H3. The number of benzene rings is 2. The van der Waals surface area contributed by atoms with Gasteiger partial charge in [-0.1, -0.05) is 38.3 Å². The van der Waals surface area contributed by atoms with Gasteiger partial charge in [0.2, 0.25) is 0 Å². The van der Waals surface area contributed by atoms with Crippen LogP contribution in [0.15, 0.2) is 36.4 Å². The molecule has 2 heteroatoms. The van der Waals surface area contributed by atoms with Gasteiger partial charge in [0.1, 0.15) is 11.5 Å². The second kappa shape index (κ2) is 7.08. The maximum atomic E-state index is 9.64. The van der Waals surface area contributed by atoms with Crippen molar-refractivity contribution in [1.29, 1.82) is 0 Å². The molecule has 0 saturated carbocycles. The van der Waals surface area contributed by atoms with Crippen LogP contribution in [0, 0.1) is 0 Å². The molecule has 0 saturated heterocycles. The van der Waals surface area contributed by atoms with Crippen molar-refractivity contribution < 1.29 is 9.84 Å². The molecule has 3 rings (SSSR count). The molecule has 1 unspecified atom stereocenters. The number of hydrogen-bond acceptors (Lipinski definition) is 2. The number of ether oxygens (including phenoxy) is 1. The lowest BCUT2D eigenvalue weighted by Crippen LogP contribution is -2.11. The number of rotatable bonds is 7. The summed E-state index contributed by atoms with van der Waals surface area (Å²) in [6.45, 7) is 4.40. The summed E-state index contributed by atoms with van der Waals surface area (Å²) >= 11 is 0. The van der Waals surface area contributed by atoms with Gasteiger partial charge in [-0.05, 0) is 72.7 Å². The van der Waals surface area contributed by atoms with Crippen LogP contribution >= 0.6 is 0 Å². The summed E-state index contributed by atoms with van der Waals surface area (Å²) < 4.78 is 6.09. The van der Waals surface area contributed by atoms with Crippen molar-refractivity contribution in [2.75, 3.05) is 0 Å². The molecule has 0 heterocycles. The highest BCUT2D eigenvalue weighted by Crippen LogP contribution is 2.39. The summed E-state index contributed by atoms with van der Waals surface area (Å²) in [6, 6.07) is 12.0. The van der Waals surface area contributed by atoms with Crippen molar-refractivity contribution in [3.8, 4) is 22.6 Å². The predicted octanol–water partition coefficient (Wildman–Crippen LogP) is 5.70. The molecule has 0 spiro atoms. The Labute approximate surface area is 139 Å². The summed E-state index contributed by atoms with van der Waals surface area (Å²) in [5, 5.41) is 9.64. The van der Waals surface area contributed by atoms with Crippen LogP contribution in [0.25, 0.3) is 11.1 Å². The Morgan fingerprint density at radius 1 is 1.00 bits per heavy atom. The third-order valence-electron chi connectivity index (χ3n) is 4.64. The monoisotopic (exact) mass is 310 g/mol. The molecule has 0 radical (unpaired) electrons. The van der Waals surface area contributed by atoms with E-state index in [-0.39, 0.29) is 6.10 Å². The molecule has 0 aromatic heterocycles. The average Bonchev–Trinajstić information content (AvgIpc) is 2.88. The van der Waals surface area contributed by atoms with Crippen molar-refractivity contribution in [1.82, 2.24) is 0 Å². The maximum absolute atomic E-state index is 9.64. The Morgan fingerprint density at radius 2 is 1.74 bits per heavy atom. The predicted molar refractivity (Wildman–Crippen MR) is 95.2 cm³/mol. The van der Waals surface area contributed by atoms with E-state index in [0.717, 1.165) is 18.6 Å². The van der Waals surface area contributed by atoms with Crippen LogP contribution in [0.1, 0.15) is 57.1 Å². The van der Waals surface area contributed by atoms with E-state index >= 15 is 0 Å². The van der Waals surface area contributed by atoms with E-state index in [4.69, 9.17) is 4.74 Å². The van der Waals surface area contributed by atoms with Crippen LogP contribution < -0.4 is 4.74 Å². The van der Waals surface area contributed by atoms with Gasteiger partial charge in [0.15, 0.2) is 0 Å². The van der Waals surface area contributed by atoms with Crippen LogP contribution in [0.3, 0.4) is 0 Å². The van der Waals surface area contributed by atoms with Crippen LogP contribution in [-0.4, -0.2) is 11.2 Å². The van der Waals surface area contributed by atoms with Gasteiger partial charge in [0.25, 0.3) is 0 Å². The van der Waals surface area contributed by atoms with Crippen LogP contribution in [0.4, 0.5) is 0 Å². The van der Waals surface area contributed by atoms with Gasteiger partial charge in [-0.15, -0.1) is 0 Å². The third-order valence-corrected chi connectivity index (χ3v) is 4.64. The van der Waals surface area contributed by atoms with E-state index in [1.165, 1.54) is 47.9 Å². The fourth-order valence-electron chi connectivity index (χ4n) is 3.40. The van der Waals surface area contributed by atoms with Crippen molar-refractivity contribution >= 4 is 0 Å². The van der Waals surface area contributed by atoms with Gasteiger partial charge < -0.3 is 9.84 Å². The first kappa shape index (κ1) is 15.9. The fraction of sp³-hybridized carbons (Fsp3) is 0.429. The average molecular weight is 310 g/mol. The molecule has 23 heavy (non-hydrogen) atoms. The highest BCUT2D eigenvalue weighted by Gasteiger charge is 2.19. The molecule has 1 N–H and O–H groups in total. The lowest BCUT2D eigenvalue weighted by atomic mass is 10.1. The van der Waals surface area contributed by atoms with Gasteiger partial charge >= 0.3 is 0 Å². The number of fused-ring (bicyclic) bond motifs is 3. The summed E-state index contributed by atoms with van der Waals surface area (Å²) in [5.74, 6) is 1.30. The zero-order chi connectivity index (χ0) is 16.2. The minimum Gasteiger partial charge on any atom is -0.508 e. The number of phenolic OH excluding ortho intramolecular Hbond substituents is 1. The Bertz CT molecular complexity index is 676. The third kappa shape index (κ3) is 3.69. The first-order valence-corrected chi connectivity index (χ1v) is 8.79. The number of unbranched alkanes of at least 4 members (excludes halogenated alkanes) is 3. The summed E-state index contributed by atoms with van der Waals surface area (Å²) in [4.78, 5) is 0. The smallest absolute Gasteiger partial charge is 0.120 e. The topological polar surface area (TPSA) is 29.5 Å². The number of phenols is 1. The molecule has 0 aliphatic heterocycles. The number of aromatic hydroxyl groups is 1. The van der Waals surface area contributed by atoms with Crippen molar-refractivity contribution in [2.24, 2.45) is 0 Å². The quantitative estimate of drug-likeness (QED) is 0.567. The van der Waals surface area contributed by atoms with Crippen LogP contribution in [0.5, 0.6) is 11.5 Å². The van der Waals surface area contributed by atoms with E-state index in [2.05, 4.69) is 32.0 Å². The molecule has 2 aromatic carbocycles. The normalized spacial score (nSPS) is 13.5. The summed E-state index contributed by atoms with van der Waals surface area (Å²) in [5.41, 5.74) is 4.99. The molecule has 0 amide bonds. The summed E-state index contributed by atoms with van der Waals surface area (Å²) in [7, 11) is 0. The van der Waals surface area contributed by atoms with Gasteiger partial charge in [-0.3, -0.25) is 0 Å². The SMILES string of the molecule is CCCCCCC(C)Oc1ccc2c(c1)Cc1cc(O)ccc1-2. The maximum Gasteiger partial charge on any atom is 0.120 e. The minimum absolute atomic E-state index is 0.262. The zero-order valence-corrected chi connectivity index (χ0v) is 14.1. The Kier molecular flexibility index (Phi) is 4.90. The molecule has 0 fully saturated rings. The molecule has 2 nitrogen and oxygen atoms in total. The van der Waals surface area contributed by atoms with Crippen molar-refractivity contribution in [3.05, 3.63) is 47.5 Å². The molecule has 2 aromatic rings. The van der Waals surface area contributed by atoms with Gasteiger partial charge in [0.05, 0.1) is 6.10 Å². The first-order chi connectivity index (χ1) is 11.2. The zero-order valence-electron chi connectivity index (χ0n) is 14.1. The molecule has 1 aliphatic carbocycles. The van der Waals surface area contributed by atoms with Crippen molar-refractivity contribution in [3.63, 3.8) is 0 Å². The largest absolute Gasteiger partial charge is 0.508 e. The molecule has 0 bridgehead atoms. The first-order valence-electron chi connectivity index (χ1n) is 8.79. The Hall–Kier alpha value is -1.96. The van der Waals surface area contributed by atoms with E-state index in [0.29, 0.717) is 5.75 Å². The Balaban J connectivity index is 1.64. The van der Waals surface area contributed by atoms with Crippen LogP contribution in [0.2, 0.25) is 0 Å². The highest BCUT2D eigenvalue weighted by molar-refractivity contribution is 5.78. The van der Waals surface area contributed by atoms with E-state index in [1.807, 2.05) is 12.1 Å². The molecule has 1 atom stereocenters. The van der Waals surface area contributed by atoms with Gasteiger partial charge in [-0.25, -0.2) is 0 Å². The molecule has 122 valence electrons. The second-order valence-electron chi connectivity index (χ2n) is 6.61. The lowest BCUT2D eigenvalue weighted by molar-refractivity contribution is 0.206. The van der Waals surface area contributed by atoms with E-state index in [9.17, 15) is 5.11 Å². The van der Waals surface area contributed by atoms with Crippen LogP contribution in [-0.2, 0) is 6.42 Å². The van der Waals surface area contributed by atoms with Crippen molar-refractivity contribution in [2.45, 2.75) is 58.5 Å².